The predicted molar refractivity (Wildman–Crippen MR) is 110 cm³/mol. The van der Waals surface area contributed by atoms with Gasteiger partial charge in [-0.2, -0.15) is 0 Å². The minimum atomic E-state index is -0.438. The van der Waals surface area contributed by atoms with Gasteiger partial charge in [-0.1, -0.05) is 31.9 Å². The first-order chi connectivity index (χ1) is 13.7. The third-order valence-corrected chi connectivity index (χ3v) is 4.65. The van der Waals surface area contributed by atoms with Gasteiger partial charge in [0.05, 0.1) is 17.6 Å². The third kappa shape index (κ3) is 4.25. The molecule has 0 bridgehead atoms. The third-order valence-electron chi connectivity index (χ3n) is 4.65. The van der Waals surface area contributed by atoms with Gasteiger partial charge in [0.25, 0.3) is 0 Å². The van der Waals surface area contributed by atoms with Crippen molar-refractivity contribution in [1.29, 1.82) is 0 Å². The lowest BCUT2D eigenvalue weighted by Crippen LogP contribution is -2.11. The minimum absolute atomic E-state index is 0.307. The second-order valence-electron chi connectivity index (χ2n) is 6.69. The van der Waals surface area contributed by atoms with E-state index in [1.165, 1.54) is 0 Å². The van der Waals surface area contributed by atoms with Crippen LogP contribution in [-0.4, -0.2) is 40.3 Å². The molecule has 2 N–H and O–H groups in total. The normalized spacial score (nSPS) is 11.4. The van der Waals surface area contributed by atoms with Crippen LogP contribution in [-0.2, 0) is 16.0 Å². The van der Waals surface area contributed by atoms with Gasteiger partial charge >= 0.3 is 5.97 Å². The van der Waals surface area contributed by atoms with E-state index in [0.29, 0.717) is 48.9 Å². The lowest BCUT2D eigenvalue weighted by Gasteiger charge is -2.08. The molecule has 7 heteroatoms. The lowest BCUT2D eigenvalue weighted by molar-refractivity contribution is 0.0501. The fraction of sp³-hybridized carbons (Fsp3) is 0.476. The number of carbonyl (C=O) groups is 1. The maximum absolute atomic E-state index is 12.8. The number of carbonyl (C=O) groups excluding carboxylic acids is 1. The first-order valence-corrected chi connectivity index (χ1v) is 9.96. The number of esters is 1. The van der Waals surface area contributed by atoms with Crippen LogP contribution < -0.4 is 5.73 Å². The molecule has 0 unspecified atom stereocenters. The van der Waals surface area contributed by atoms with Crippen molar-refractivity contribution in [3.8, 4) is 0 Å². The molecule has 28 heavy (non-hydrogen) atoms. The van der Waals surface area contributed by atoms with Crippen LogP contribution in [0, 0.1) is 0 Å². The molecule has 3 rings (SSSR count). The van der Waals surface area contributed by atoms with Crippen LogP contribution in [0.3, 0.4) is 0 Å². The van der Waals surface area contributed by atoms with Gasteiger partial charge in [0.2, 0.25) is 0 Å². The standard InChI is InChI=1S/C21H28N4O3/c1-3-5-8-14-28-21(26)17-18-20(24-16-11-7-6-10-15(16)23-18)25(19(17)22)12-9-13-27-4-2/h6-7,10-11H,3-5,8-9,12-14,22H2,1-2H3. The molecule has 0 saturated heterocycles. The Morgan fingerprint density at radius 1 is 1.07 bits per heavy atom. The summed E-state index contributed by atoms with van der Waals surface area (Å²) in [7, 11) is 0. The molecule has 1 aromatic carbocycles. The highest BCUT2D eigenvalue weighted by atomic mass is 16.5. The monoisotopic (exact) mass is 384 g/mol. The second-order valence-corrected chi connectivity index (χ2v) is 6.69. The molecule has 0 saturated carbocycles. The Morgan fingerprint density at radius 2 is 1.82 bits per heavy atom. The van der Waals surface area contributed by atoms with Gasteiger partial charge in [0.1, 0.15) is 16.9 Å². The molecule has 150 valence electrons. The SMILES string of the molecule is CCCCCOC(=O)c1c(N)n(CCCOCC)c2nc3ccccc3nc12. The first-order valence-electron chi connectivity index (χ1n) is 9.96. The quantitative estimate of drug-likeness (QED) is 0.420. The van der Waals surface area contributed by atoms with E-state index in [4.69, 9.17) is 20.2 Å². The number of anilines is 1. The van der Waals surface area contributed by atoms with Crippen LogP contribution in [0.2, 0.25) is 0 Å². The Labute approximate surface area is 164 Å². The fourth-order valence-corrected chi connectivity index (χ4v) is 3.20. The van der Waals surface area contributed by atoms with Gasteiger partial charge in [0, 0.05) is 19.8 Å². The zero-order valence-electron chi connectivity index (χ0n) is 16.6. The summed E-state index contributed by atoms with van der Waals surface area (Å²) in [4.78, 5) is 22.2. The van der Waals surface area contributed by atoms with E-state index in [9.17, 15) is 4.79 Å². The zero-order chi connectivity index (χ0) is 19.9. The molecule has 0 radical (unpaired) electrons. The van der Waals surface area contributed by atoms with Crippen molar-refractivity contribution in [2.24, 2.45) is 0 Å². The number of nitrogens with zero attached hydrogens (tertiary/aromatic N) is 3. The molecule has 0 aliphatic carbocycles. The number of para-hydroxylation sites is 2. The number of fused-ring (bicyclic) bond motifs is 2. The number of aryl methyl sites for hydroxylation is 1. The number of hydrogen-bond donors (Lipinski definition) is 1. The van der Waals surface area contributed by atoms with Crippen LogP contribution in [0.1, 0.15) is 49.9 Å². The summed E-state index contributed by atoms with van der Waals surface area (Å²) in [5, 5.41) is 0. The highest BCUT2D eigenvalue weighted by Gasteiger charge is 2.24. The van der Waals surface area contributed by atoms with Gasteiger partial charge in [0.15, 0.2) is 5.65 Å². The fourth-order valence-electron chi connectivity index (χ4n) is 3.20. The average molecular weight is 384 g/mol. The molecule has 0 spiro atoms. The van der Waals surface area contributed by atoms with Crippen LogP contribution in [0.5, 0.6) is 0 Å². The minimum Gasteiger partial charge on any atom is -0.462 e. The Bertz CT molecular complexity index is 952. The Balaban J connectivity index is 1.99. The number of nitrogens with two attached hydrogens (primary N) is 1. The molecule has 7 nitrogen and oxygen atoms in total. The molecule has 0 aliphatic heterocycles. The summed E-state index contributed by atoms with van der Waals surface area (Å²) in [6, 6.07) is 7.59. The van der Waals surface area contributed by atoms with E-state index in [1.807, 2.05) is 35.8 Å². The van der Waals surface area contributed by atoms with E-state index < -0.39 is 5.97 Å². The van der Waals surface area contributed by atoms with Gasteiger partial charge in [-0.05, 0) is 31.9 Å². The maximum Gasteiger partial charge on any atom is 0.344 e. The first kappa shape index (κ1) is 20.1. The summed E-state index contributed by atoms with van der Waals surface area (Å²) in [6.45, 7) is 6.33. The molecule has 0 fully saturated rings. The zero-order valence-corrected chi connectivity index (χ0v) is 16.6. The van der Waals surface area contributed by atoms with Gasteiger partial charge in [-0.3, -0.25) is 0 Å². The van der Waals surface area contributed by atoms with E-state index in [1.54, 1.807) is 0 Å². The highest BCUT2D eigenvalue weighted by Crippen LogP contribution is 2.28. The average Bonchev–Trinajstić information content (AvgIpc) is 2.97. The van der Waals surface area contributed by atoms with Crippen molar-refractivity contribution in [3.63, 3.8) is 0 Å². The topological polar surface area (TPSA) is 92.3 Å². The van der Waals surface area contributed by atoms with Crippen molar-refractivity contribution in [2.75, 3.05) is 25.6 Å². The smallest absolute Gasteiger partial charge is 0.344 e. The number of rotatable bonds is 10. The lowest BCUT2D eigenvalue weighted by atomic mass is 10.2. The van der Waals surface area contributed by atoms with E-state index in [2.05, 4.69) is 11.9 Å². The van der Waals surface area contributed by atoms with E-state index in [0.717, 1.165) is 36.7 Å². The largest absolute Gasteiger partial charge is 0.462 e. The number of aromatic nitrogens is 3. The Kier molecular flexibility index (Phi) is 6.81. The summed E-state index contributed by atoms with van der Waals surface area (Å²) in [5.74, 6) is -0.0889. The highest BCUT2D eigenvalue weighted by molar-refractivity contribution is 6.08. The number of unbranched alkanes of at least 4 members (excludes halogenated alkanes) is 2. The molecule has 2 aromatic heterocycles. The van der Waals surface area contributed by atoms with Gasteiger partial charge in [-0.25, -0.2) is 14.8 Å². The van der Waals surface area contributed by atoms with Crippen molar-refractivity contribution >= 4 is 34.0 Å². The second kappa shape index (κ2) is 9.50. The van der Waals surface area contributed by atoms with Crippen molar-refractivity contribution < 1.29 is 14.3 Å². The molecule has 0 aliphatic rings. The van der Waals surface area contributed by atoms with Crippen LogP contribution in [0.25, 0.3) is 22.2 Å². The number of benzene rings is 1. The summed E-state index contributed by atoms with van der Waals surface area (Å²) in [6.07, 6.45) is 3.69. The molecular formula is C21H28N4O3. The Hall–Kier alpha value is -2.67. The van der Waals surface area contributed by atoms with E-state index in [-0.39, 0.29) is 0 Å². The summed E-state index contributed by atoms with van der Waals surface area (Å²) >= 11 is 0. The molecule has 0 amide bonds. The van der Waals surface area contributed by atoms with E-state index >= 15 is 0 Å². The van der Waals surface area contributed by atoms with Crippen LogP contribution in [0.15, 0.2) is 24.3 Å². The molecule has 3 aromatic rings. The Morgan fingerprint density at radius 3 is 2.54 bits per heavy atom. The van der Waals surface area contributed by atoms with Crippen LogP contribution >= 0.6 is 0 Å². The summed E-state index contributed by atoms with van der Waals surface area (Å²) < 4.78 is 12.7. The van der Waals surface area contributed by atoms with Gasteiger partial charge in [-0.15, -0.1) is 0 Å². The van der Waals surface area contributed by atoms with Crippen molar-refractivity contribution in [1.82, 2.24) is 14.5 Å². The maximum atomic E-state index is 12.8. The van der Waals surface area contributed by atoms with Crippen molar-refractivity contribution in [2.45, 2.75) is 46.1 Å². The number of hydrogen-bond acceptors (Lipinski definition) is 6. The van der Waals surface area contributed by atoms with Gasteiger partial charge < -0.3 is 19.8 Å². The number of nitrogen functional groups attached to an aromatic ring is 1. The molecule has 2 heterocycles. The van der Waals surface area contributed by atoms with Crippen molar-refractivity contribution in [3.05, 3.63) is 29.8 Å². The predicted octanol–water partition coefficient (Wildman–Crippen LogP) is 3.94. The van der Waals surface area contributed by atoms with Crippen LogP contribution in [0.4, 0.5) is 5.82 Å². The molecular weight excluding hydrogens is 356 g/mol. The summed E-state index contributed by atoms with van der Waals surface area (Å²) in [5.41, 5.74) is 9.26. The molecule has 0 atom stereocenters. The number of ether oxygens (including phenoxy) is 2.